The average molecular weight is 293 g/mol. The second kappa shape index (κ2) is 5.90. The quantitative estimate of drug-likeness (QED) is 0.555. The van der Waals surface area contributed by atoms with Gasteiger partial charge in [-0.05, 0) is 37.1 Å². The van der Waals surface area contributed by atoms with Crippen LogP contribution in [-0.4, -0.2) is 34.3 Å². The van der Waals surface area contributed by atoms with Crippen molar-refractivity contribution in [2.75, 3.05) is 23.5 Å². The van der Waals surface area contributed by atoms with Crippen LogP contribution in [0.4, 0.5) is 11.8 Å². The fraction of sp³-hybridized carbons (Fsp3) is 0.538. The number of thiophene rings is 1. The molecule has 2 aromatic rings. The minimum atomic E-state index is 0.197. The van der Waals surface area contributed by atoms with Crippen molar-refractivity contribution in [1.82, 2.24) is 9.97 Å². The van der Waals surface area contributed by atoms with E-state index in [1.165, 1.54) is 19.3 Å². The first-order chi connectivity index (χ1) is 9.83. The lowest BCUT2D eigenvalue weighted by atomic mass is 9.91. The molecule has 7 heteroatoms. The predicted molar refractivity (Wildman–Crippen MR) is 81.9 cm³/mol. The summed E-state index contributed by atoms with van der Waals surface area (Å²) in [5.41, 5.74) is 2.54. The third-order valence-corrected chi connectivity index (χ3v) is 4.59. The summed E-state index contributed by atoms with van der Waals surface area (Å²) in [6, 6.07) is 2.57. The molecule has 0 saturated heterocycles. The van der Waals surface area contributed by atoms with Crippen molar-refractivity contribution in [1.29, 1.82) is 0 Å². The van der Waals surface area contributed by atoms with Gasteiger partial charge in [-0.3, -0.25) is 5.43 Å². The first-order valence-electron chi connectivity index (χ1n) is 6.93. The molecule has 2 aromatic heterocycles. The number of rotatable bonds is 6. The van der Waals surface area contributed by atoms with Gasteiger partial charge >= 0.3 is 0 Å². The molecule has 4 N–H and O–H groups in total. The van der Waals surface area contributed by atoms with E-state index >= 15 is 0 Å². The first-order valence-corrected chi connectivity index (χ1v) is 7.81. The molecule has 1 fully saturated rings. The number of nitrogen functional groups attached to an aromatic ring is 1. The Morgan fingerprint density at radius 2 is 2.30 bits per heavy atom. The molecule has 6 nitrogen and oxygen atoms in total. The largest absolute Gasteiger partial charge is 0.396 e. The molecule has 0 spiro atoms. The van der Waals surface area contributed by atoms with Crippen molar-refractivity contribution in [2.45, 2.75) is 31.7 Å². The Labute approximate surface area is 121 Å². The van der Waals surface area contributed by atoms with Gasteiger partial charge in [-0.25, -0.2) is 10.8 Å². The summed E-state index contributed by atoms with van der Waals surface area (Å²) in [6.07, 6.45) is 4.39. The fourth-order valence-electron chi connectivity index (χ4n) is 2.52. The van der Waals surface area contributed by atoms with Gasteiger partial charge in [0.05, 0.1) is 5.39 Å². The molecule has 1 saturated carbocycles. The Kier molecular flexibility index (Phi) is 4.00. The van der Waals surface area contributed by atoms with Crippen molar-refractivity contribution >= 4 is 33.3 Å². The summed E-state index contributed by atoms with van der Waals surface area (Å²) in [6.45, 7) is 1.01. The van der Waals surface area contributed by atoms with Crippen molar-refractivity contribution in [3.8, 4) is 0 Å². The number of nitrogens with zero attached hydrogens (tertiary/aromatic N) is 3. The molecule has 20 heavy (non-hydrogen) atoms. The molecule has 0 aliphatic heterocycles. The lowest BCUT2D eigenvalue weighted by molar-refractivity contribution is 0.282. The molecule has 108 valence electrons. The van der Waals surface area contributed by atoms with Crippen LogP contribution in [0.25, 0.3) is 10.2 Å². The van der Waals surface area contributed by atoms with E-state index < -0.39 is 0 Å². The Hall–Kier alpha value is -1.44. The van der Waals surface area contributed by atoms with Crippen molar-refractivity contribution in [3.63, 3.8) is 0 Å². The highest BCUT2D eigenvalue weighted by atomic mass is 32.1. The van der Waals surface area contributed by atoms with Gasteiger partial charge in [0, 0.05) is 19.2 Å². The minimum Gasteiger partial charge on any atom is -0.396 e. The molecule has 1 aliphatic rings. The van der Waals surface area contributed by atoms with E-state index in [-0.39, 0.29) is 6.61 Å². The molecule has 2 heterocycles. The number of hydrogen-bond donors (Lipinski definition) is 3. The molecular formula is C13H19N5OS. The number of hydrazine groups is 1. The maximum atomic E-state index is 9.12. The van der Waals surface area contributed by atoms with Crippen LogP contribution in [0.5, 0.6) is 0 Å². The Bertz CT molecular complexity index is 583. The van der Waals surface area contributed by atoms with Gasteiger partial charge in [0.2, 0.25) is 5.95 Å². The monoisotopic (exact) mass is 293 g/mol. The fourth-order valence-corrected chi connectivity index (χ4v) is 3.28. The van der Waals surface area contributed by atoms with Gasteiger partial charge < -0.3 is 10.0 Å². The molecule has 0 unspecified atom stereocenters. The van der Waals surface area contributed by atoms with E-state index in [0.717, 1.165) is 29.0 Å². The Morgan fingerprint density at radius 3 is 2.95 bits per heavy atom. The number of nitrogens with one attached hydrogen (secondary N) is 1. The molecule has 0 aromatic carbocycles. The van der Waals surface area contributed by atoms with E-state index in [9.17, 15) is 0 Å². The van der Waals surface area contributed by atoms with Crippen LogP contribution >= 0.6 is 11.3 Å². The smallest absolute Gasteiger partial charge is 0.240 e. The SMILES string of the molecule is NNc1nc(N(CCCO)C2CCC2)c2ccsc2n1. The highest BCUT2D eigenvalue weighted by molar-refractivity contribution is 7.16. The Balaban J connectivity index is 2.01. The molecular weight excluding hydrogens is 274 g/mol. The molecule has 0 bridgehead atoms. The number of aliphatic hydroxyl groups excluding tert-OH is 1. The van der Waals surface area contributed by atoms with E-state index in [2.05, 4.69) is 26.4 Å². The van der Waals surface area contributed by atoms with Crippen molar-refractivity contribution in [2.24, 2.45) is 5.84 Å². The van der Waals surface area contributed by atoms with E-state index in [1.807, 2.05) is 5.38 Å². The minimum absolute atomic E-state index is 0.197. The third kappa shape index (κ3) is 2.44. The summed E-state index contributed by atoms with van der Waals surface area (Å²) in [4.78, 5) is 12.2. The van der Waals surface area contributed by atoms with Gasteiger partial charge in [0.25, 0.3) is 0 Å². The van der Waals surface area contributed by atoms with E-state index in [4.69, 9.17) is 10.9 Å². The van der Waals surface area contributed by atoms with Gasteiger partial charge in [-0.15, -0.1) is 11.3 Å². The maximum Gasteiger partial charge on any atom is 0.240 e. The van der Waals surface area contributed by atoms with Crippen molar-refractivity contribution in [3.05, 3.63) is 11.4 Å². The maximum absolute atomic E-state index is 9.12. The molecule has 0 amide bonds. The molecule has 0 atom stereocenters. The topological polar surface area (TPSA) is 87.3 Å². The standard InChI is InChI=1S/C13H19N5OS/c14-17-13-15-11(10-5-8-20-12(10)16-13)18(6-2-7-19)9-3-1-4-9/h5,8-9,19H,1-4,6-7,14H2,(H,15,16,17). The molecule has 3 rings (SSSR count). The lowest BCUT2D eigenvalue weighted by Gasteiger charge is -2.38. The number of aliphatic hydroxyl groups is 1. The van der Waals surface area contributed by atoms with Gasteiger partial charge in [-0.1, -0.05) is 0 Å². The van der Waals surface area contributed by atoms with Crippen molar-refractivity contribution < 1.29 is 5.11 Å². The van der Waals surface area contributed by atoms with Gasteiger partial charge in [0.15, 0.2) is 0 Å². The van der Waals surface area contributed by atoms with Crippen LogP contribution in [0.15, 0.2) is 11.4 Å². The summed E-state index contributed by atoms with van der Waals surface area (Å²) in [5, 5.41) is 12.2. The van der Waals surface area contributed by atoms with E-state index in [0.29, 0.717) is 12.0 Å². The van der Waals surface area contributed by atoms with Crippen LogP contribution < -0.4 is 16.2 Å². The van der Waals surface area contributed by atoms with Crippen LogP contribution in [0.2, 0.25) is 0 Å². The zero-order valence-electron chi connectivity index (χ0n) is 11.2. The lowest BCUT2D eigenvalue weighted by Crippen LogP contribution is -2.41. The van der Waals surface area contributed by atoms with Gasteiger partial charge in [-0.2, -0.15) is 4.98 Å². The average Bonchev–Trinajstić information content (AvgIpc) is 2.88. The van der Waals surface area contributed by atoms with Crippen LogP contribution in [-0.2, 0) is 0 Å². The van der Waals surface area contributed by atoms with Crippen LogP contribution in [0.1, 0.15) is 25.7 Å². The summed E-state index contributed by atoms with van der Waals surface area (Å²) in [5.74, 6) is 6.85. The van der Waals surface area contributed by atoms with E-state index in [1.54, 1.807) is 11.3 Å². The van der Waals surface area contributed by atoms with Crippen LogP contribution in [0, 0.1) is 0 Å². The third-order valence-electron chi connectivity index (χ3n) is 3.78. The molecule has 0 radical (unpaired) electrons. The number of anilines is 2. The predicted octanol–water partition coefficient (Wildman–Crippen LogP) is 1.72. The number of fused-ring (bicyclic) bond motifs is 1. The number of aromatic nitrogens is 2. The zero-order chi connectivity index (χ0) is 13.9. The highest BCUT2D eigenvalue weighted by Crippen LogP contribution is 2.34. The zero-order valence-corrected chi connectivity index (χ0v) is 12.1. The van der Waals surface area contributed by atoms with Crippen LogP contribution in [0.3, 0.4) is 0 Å². The normalized spacial score (nSPS) is 15.3. The summed E-state index contributed by atoms with van der Waals surface area (Å²) in [7, 11) is 0. The Morgan fingerprint density at radius 1 is 1.45 bits per heavy atom. The number of hydrogen-bond acceptors (Lipinski definition) is 7. The molecule has 1 aliphatic carbocycles. The second-order valence-corrected chi connectivity index (χ2v) is 5.90. The number of nitrogens with two attached hydrogens (primary N) is 1. The first kappa shape index (κ1) is 13.5. The highest BCUT2D eigenvalue weighted by Gasteiger charge is 2.27. The second-order valence-electron chi connectivity index (χ2n) is 5.01. The summed E-state index contributed by atoms with van der Waals surface area (Å²) < 4.78 is 0. The van der Waals surface area contributed by atoms with Gasteiger partial charge in [0.1, 0.15) is 10.6 Å². The summed E-state index contributed by atoms with van der Waals surface area (Å²) >= 11 is 1.59.